The molecule has 1 aliphatic rings. The van der Waals surface area contributed by atoms with E-state index >= 15 is 0 Å². The number of hydrogen-bond acceptors (Lipinski definition) is 3. The van der Waals surface area contributed by atoms with Gasteiger partial charge in [0.15, 0.2) is 0 Å². The van der Waals surface area contributed by atoms with Crippen molar-refractivity contribution in [1.82, 2.24) is 10.6 Å². The molecule has 3 rings (SSSR count). The molecular weight excluding hydrogens is 330 g/mol. The third kappa shape index (κ3) is 3.64. The van der Waals surface area contributed by atoms with E-state index in [1.54, 1.807) is 30.2 Å². The van der Waals surface area contributed by atoms with Crippen molar-refractivity contribution < 1.29 is 14.3 Å². The average molecular weight is 353 g/mol. The number of anilines is 1. The maximum Gasteiger partial charge on any atom is 0.321 e. The Labute approximate surface area is 153 Å². The maximum atomic E-state index is 12.8. The second-order valence-electron chi connectivity index (χ2n) is 6.11. The second-order valence-corrected chi connectivity index (χ2v) is 6.11. The topological polar surface area (TPSA) is 70.7 Å². The number of amides is 3. The van der Waals surface area contributed by atoms with Gasteiger partial charge in [0, 0.05) is 29.9 Å². The molecule has 2 N–H and O–H groups in total. The molecule has 136 valence electrons. The van der Waals surface area contributed by atoms with Crippen molar-refractivity contribution in [2.75, 3.05) is 25.1 Å². The van der Waals surface area contributed by atoms with Crippen LogP contribution in [0.5, 0.6) is 5.75 Å². The first-order valence-corrected chi connectivity index (χ1v) is 8.73. The van der Waals surface area contributed by atoms with Crippen molar-refractivity contribution >= 4 is 17.6 Å². The van der Waals surface area contributed by atoms with Crippen molar-refractivity contribution in [3.05, 3.63) is 59.7 Å². The highest BCUT2D eigenvalue weighted by atomic mass is 16.5. The third-order valence-corrected chi connectivity index (χ3v) is 4.50. The van der Waals surface area contributed by atoms with Gasteiger partial charge >= 0.3 is 6.03 Å². The Kier molecular flexibility index (Phi) is 5.41. The number of nitrogens with zero attached hydrogens (tertiary/aromatic N) is 1. The van der Waals surface area contributed by atoms with Gasteiger partial charge in [-0.25, -0.2) is 4.79 Å². The number of rotatable bonds is 6. The van der Waals surface area contributed by atoms with E-state index in [2.05, 4.69) is 10.6 Å². The van der Waals surface area contributed by atoms with Crippen molar-refractivity contribution in [1.29, 1.82) is 0 Å². The van der Waals surface area contributed by atoms with Crippen molar-refractivity contribution in [2.24, 2.45) is 0 Å². The Morgan fingerprint density at radius 1 is 1.27 bits per heavy atom. The number of hydrogen-bond donors (Lipinski definition) is 2. The molecule has 2 aromatic rings. The van der Waals surface area contributed by atoms with Crippen LogP contribution in [0.25, 0.3) is 0 Å². The molecule has 6 nitrogen and oxygen atoms in total. The largest absolute Gasteiger partial charge is 0.496 e. The Hall–Kier alpha value is -3.02. The van der Waals surface area contributed by atoms with E-state index in [9.17, 15) is 9.59 Å². The predicted molar refractivity (Wildman–Crippen MR) is 101 cm³/mol. The molecule has 0 bridgehead atoms. The Bertz CT molecular complexity index is 806. The molecule has 1 saturated heterocycles. The predicted octanol–water partition coefficient (Wildman–Crippen LogP) is 3.11. The zero-order valence-electron chi connectivity index (χ0n) is 15.0. The van der Waals surface area contributed by atoms with Crippen molar-refractivity contribution in [3.63, 3.8) is 0 Å². The third-order valence-electron chi connectivity index (χ3n) is 4.50. The Morgan fingerprint density at radius 3 is 2.77 bits per heavy atom. The zero-order chi connectivity index (χ0) is 18.5. The zero-order valence-corrected chi connectivity index (χ0v) is 15.0. The van der Waals surface area contributed by atoms with Crippen LogP contribution < -0.4 is 20.3 Å². The van der Waals surface area contributed by atoms with E-state index in [0.717, 1.165) is 23.4 Å². The summed E-state index contributed by atoms with van der Waals surface area (Å²) in [6.45, 7) is 3.23. The van der Waals surface area contributed by atoms with Crippen LogP contribution in [0.3, 0.4) is 0 Å². The normalized spacial score (nSPS) is 14.7. The van der Waals surface area contributed by atoms with Crippen LogP contribution in [0.1, 0.15) is 35.3 Å². The van der Waals surface area contributed by atoms with Crippen LogP contribution in [-0.4, -0.2) is 32.1 Å². The Morgan fingerprint density at radius 2 is 2.08 bits per heavy atom. The lowest BCUT2D eigenvalue weighted by Crippen LogP contribution is -2.30. The van der Waals surface area contributed by atoms with E-state index in [-0.39, 0.29) is 18.0 Å². The summed E-state index contributed by atoms with van der Waals surface area (Å²) in [7, 11) is 1.62. The number of carbonyl (C=O) groups excluding carboxylic acids is 2. The highest BCUT2D eigenvalue weighted by molar-refractivity contribution is 5.98. The molecule has 1 unspecified atom stereocenters. The fourth-order valence-corrected chi connectivity index (χ4v) is 3.13. The van der Waals surface area contributed by atoms with Crippen molar-refractivity contribution in [3.8, 4) is 5.75 Å². The lowest BCUT2D eigenvalue weighted by atomic mass is 10.0. The van der Waals surface area contributed by atoms with E-state index in [1.807, 2.05) is 37.3 Å². The van der Waals surface area contributed by atoms with Crippen LogP contribution in [0.15, 0.2) is 48.5 Å². The van der Waals surface area contributed by atoms with E-state index in [1.165, 1.54) is 0 Å². The first kappa shape index (κ1) is 17.8. The van der Waals surface area contributed by atoms with Gasteiger partial charge in [0.05, 0.1) is 13.2 Å². The molecule has 0 saturated carbocycles. The number of urea groups is 1. The van der Waals surface area contributed by atoms with Crippen LogP contribution in [-0.2, 0) is 0 Å². The van der Waals surface area contributed by atoms with Gasteiger partial charge in [0.25, 0.3) is 5.91 Å². The number of nitrogens with one attached hydrogen (secondary N) is 2. The molecule has 3 amide bonds. The van der Waals surface area contributed by atoms with Gasteiger partial charge in [0.1, 0.15) is 5.75 Å². The van der Waals surface area contributed by atoms with Crippen LogP contribution in [0.4, 0.5) is 10.5 Å². The molecular formula is C20H23N3O3. The van der Waals surface area contributed by atoms with Gasteiger partial charge in [-0.1, -0.05) is 31.2 Å². The summed E-state index contributed by atoms with van der Waals surface area (Å²) in [6, 6.07) is 14.5. The molecule has 2 aromatic carbocycles. The van der Waals surface area contributed by atoms with E-state index in [0.29, 0.717) is 18.7 Å². The number of benzene rings is 2. The molecule has 0 aliphatic carbocycles. The molecule has 0 aromatic heterocycles. The highest BCUT2D eigenvalue weighted by Gasteiger charge is 2.22. The first-order valence-electron chi connectivity index (χ1n) is 8.73. The summed E-state index contributed by atoms with van der Waals surface area (Å²) in [5.74, 6) is 0.575. The van der Waals surface area contributed by atoms with E-state index in [4.69, 9.17) is 4.74 Å². The standard InChI is InChI=1S/C20H23N3O3/c1-3-17(16-9-4-5-10-18(16)26-2)22-19(24)14-7-6-8-15(13-14)23-12-11-21-20(23)25/h4-10,13,17H,3,11-12H2,1-2H3,(H,21,25)(H,22,24). The molecule has 1 fully saturated rings. The number of ether oxygens (including phenoxy) is 1. The number of para-hydroxylation sites is 1. The van der Waals surface area contributed by atoms with Gasteiger partial charge in [-0.15, -0.1) is 0 Å². The minimum atomic E-state index is -0.177. The van der Waals surface area contributed by atoms with Gasteiger partial charge in [-0.3, -0.25) is 9.69 Å². The molecule has 6 heteroatoms. The average Bonchev–Trinajstić information content (AvgIpc) is 3.12. The Balaban J connectivity index is 1.79. The van der Waals surface area contributed by atoms with Crippen molar-refractivity contribution in [2.45, 2.75) is 19.4 Å². The summed E-state index contributed by atoms with van der Waals surface area (Å²) in [6.07, 6.45) is 0.736. The van der Waals surface area contributed by atoms with Crippen LogP contribution >= 0.6 is 0 Å². The number of carbonyl (C=O) groups is 2. The lowest BCUT2D eigenvalue weighted by Gasteiger charge is -2.20. The quantitative estimate of drug-likeness (QED) is 0.838. The van der Waals surface area contributed by atoms with Crippen LogP contribution in [0.2, 0.25) is 0 Å². The summed E-state index contributed by atoms with van der Waals surface area (Å²) in [5.41, 5.74) is 2.19. The molecule has 26 heavy (non-hydrogen) atoms. The molecule has 1 aliphatic heterocycles. The monoisotopic (exact) mass is 353 g/mol. The van der Waals surface area contributed by atoms with Gasteiger partial charge < -0.3 is 15.4 Å². The highest BCUT2D eigenvalue weighted by Crippen LogP contribution is 2.27. The molecule has 0 radical (unpaired) electrons. The number of methoxy groups -OCH3 is 1. The SMILES string of the molecule is CCC(NC(=O)c1cccc(N2CCNC2=O)c1)c1ccccc1OC. The smallest absolute Gasteiger partial charge is 0.321 e. The summed E-state index contributed by atoms with van der Waals surface area (Å²) < 4.78 is 5.41. The molecule has 1 atom stereocenters. The van der Waals surface area contributed by atoms with Gasteiger partial charge in [-0.05, 0) is 30.7 Å². The molecule has 1 heterocycles. The lowest BCUT2D eigenvalue weighted by molar-refractivity contribution is 0.0935. The minimum Gasteiger partial charge on any atom is -0.496 e. The second kappa shape index (κ2) is 7.91. The maximum absolute atomic E-state index is 12.8. The first-order chi connectivity index (χ1) is 12.6. The fourth-order valence-electron chi connectivity index (χ4n) is 3.13. The summed E-state index contributed by atoms with van der Waals surface area (Å²) >= 11 is 0. The van der Waals surface area contributed by atoms with Gasteiger partial charge in [-0.2, -0.15) is 0 Å². The van der Waals surface area contributed by atoms with Crippen LogP contribution in [0, 0.1) is 0 Å². The van der Waals surface area contributed by atoms with Gasteiger partial charge in [0.2, 0.25) is 0 Å². The minimum absolute atomic E-state index is 0.136. The fraction of sp³-hybridized carbons (Fsp3) is 0.300. The summed E-state index contributed by atoms with van der Waals surface area (Å²) in [5, 5.41) is 5.83. The molecule has 0 spiro atoms. The summed E-state index contributed by atoms with van der Waals surface area (Å²) in [4.78, 5) is 26.2. The van der Waals surface area contributed by atoms with E-state index < -0.39 is 0 Å².